The number of fused-ring (bicyclic) bond motifs is 1. The number of thiophene rings is 1. The molecule has 0 saturated carbocycles. The maximum atomic E-state index is 4.78. The van der Waals surface area contributed by atoms with Crippen molar-refractivity contribution < 1.29 is 0 Å². The van der Waals surface area contributed by atoms with Gasteiger partial charge in [0.25, 0.3) is 0 Å². The van der Waals surface area contributed by atoms with Crippen LogP contribution in [-0.4, -0.2) is 34.5 Å². The number of hydrogen-bond donors (Lipinski definition) is 1. The van der Waals surface area contributed by atoms with E-state index in [0.29, 0.717) is 5.92 Å². The van der Waals surface area contributed by atoms with Gasteiger partial charge in [0.05, 0.1) is 11.0 Å². The number of nitrogens with zero attached hydrogens (tertiary/aromatic N) is 2. The van der Waals surface area contributed by atoms with Crippen molar-refractivity contribution in [3.8, 4) is 0 Å². The van der Waals surface area contributed by atoms with Crippen molar-refractivity contribution in [3.05, 3.63) is 52.5 Å². The van der Waals surface area contributed by atoms with E-state index >= 15 is 0 Å². The summed E-state index contributed by atoms with van der Waals surface area (Å²) in [5.74, 6) is 1.77. The smallest absolute Gasteiger partial charge is 0.110 e. The number of H-pyrrole nitrogens is 1. The molecule has 1 fully saturated rings. The van der Waals surface area contributed by atoms with Crippen LogP contribution >= 0.6 is 11.3 Å². The van der Waals surface area contributed by atoms with E-state index in [-0.39, 0.29) is 0 Å². The highest BCUT2D eigenvalue weighted by molar-refractivity contribution is 7.09. The predicted molar refractivity (Wildman–Crippen MR) is 92.5 cm³/mol. The van der Waals surface area contributed by atoms with Gasteiger partial charge in [0, 0.05) is 17.3 Å². The SMILES string of the molecule is c1csc(CCN2CCC(c3nc4ccccc4[nH]3)CC2)c1. The number of likely N-dealkylation sites (tertiary alicyclic amines) is 1. The fourth-order valence-electron chi connectivity index (χ4n) is 3.32. The van der Waals surface area contributed by atoms with Gasteiger partial charge < -0.3 is 9.88 Å². The number of piperidine rings is 1. The zero-order valence-electron chi connectivity index (χ0n) is 12.7. The first-order valence-corrected chi connectivity index (χ1v) is 8.96. The van der Waals surface area contributed by atoms with Crippen LogP contribution in [0.2, 0.25) is 0 Å². The van der Waals surface area contributed by atoms with Crippen LogP contribution in [0.25, 0.3) is 11.0 Å². The van der Waals surface area contributed by atoms with Crippen LogP contribution < -0.4 is 0 Å². The molecule has 0 bridgehead atoms. The van der Waals surface area contributed by atoms with Gasteiger partial charge in [0.2, 0.25) is 0 Å². The molecule has 0 atom stereocenters. The van der Waals surface area contributed by atoms with Crippen molar-refractivity contribution in [2.75, 3.05) is 19.6 Å². The number of hydrogen-bond acceptors (Lipinski definition) is 3. The Kier molecular flexibility index (Phi) is 3.95. The van der Waals surface area contributed by atoms with E-state index in [4.69, 9.17) is 4.98 Å². The maximum Gasteiger partial charge on any atom is 0.110 e. The maximum absolute atomic E-state index is 4.78. The molecule has 1 N–H and O–H groups in total. The lowest BCUT2D eigenvalue weighted by atomic mass is 9.96. The molecular weight excluding hydrogens is 290 g/mol. The molecule has 1 aliphatic rings. The Bertz CT molecular complexity index is 691. The van der Waals surface area contributed by atoms with Gasteiger partial charge in [-0.1, -0.05) is 18.2 Å². The molecule has 4 heteroatoms. The monoisotopic (exact) mass is 311 g/mol. The van der Waals surface area contributed by atoms with Crippen LogP contribution in [0, 0.1) is 0 Å². The summed E-state index contributed by atoms with van der Waals surface area (Å²) in [6.07, 6.45) is 3.61. The zero-order valence-corrected chi connectivity index (χ0v) is 13.5. The van der Waals surface area contributed by atoms with Gasteiger partial charge in [-0.3, -0.25) is 0 Å². The molecule has 114 valence electrons. The Balaban J connectivity index is 1.35. The summed E-state index contributed by atoms with van der Waals surface area (Å²) in [6, 6.07) is 12.7. The number of benzene rings is 1. The van der Waals surface area contributed by atoms with E-state index in [1.807, 2.05) is 11.3 Å². The zero-order chi connectivity index (χ0) is 14.8. The number of para-hydroxylation sites is 2. The van der Waals surface area contributed by atoms with Crippen LogP contribution in [0.3, 0.4) is 0 Å². The van der Waals surface area contributed by atoms with E-state index in [9.17, 15) is 0 Å². The Morgan fingerprint density at radius 2 is 2.00 bits per heavy atom. The lowest BCUT2D eigenvalue weighted by molar-refractivity contribution is 0.212. The van der Waals surface area contributed by atoms with Crippen LogP contribution in [0.5, 0.6) is 0 Å². The molecule has 22 heavy (non-hydrogen) atoms. The van der Waals surface area contributed by atoms with Gasteiger partial charge in [-0.15, -0.1) is 11.3 Å². The molecule has 2 aromatic heterocycles. The minimum Gasteiger partial charge on any atom is -0.342 e. The predicted octanol–water partition coefficient (Wildman–Crippen LogP) is 4.05. The third kappa shape index (κ3) is 2.94. The minimum atomic E-state index is 0.588. The van der Waals surface area contributed by atoms with E-state index in [1.54, 1.807) is 0 Å². The molecule has 1 saturated heterocycles. The van der Waals surface area contributed by atoms with Crippen LogP contribution in [-0.2, 0) is 6.42 Å². The summed E-state index contributed by atoms with van der Waals surface area (Å²) in [5, 5.41) is 2.17. The first-order valence-electron chi connectivity index (χ1n) is 8.08. The Labute approximate surface area is 135 Å². The Hall–Kier alpha value is -1.65. The number of nitrogens with one attached hydrogen (secondary N) is 1. The molecule has 4 rings (SSSR count). The molecule has 1 aromatic carbocycles. The van der Waals surface area contributed by atoms with Crippen molar-refractivity contribution in [2.24, 2.45) is 0 Å². The Morgan fingerprint density at radius 1 is 1.14 bits per heavy atom. The molecule has 0 unspecified atom stereocenters. The molecule has 3 nitrogen and oxygen atoms in total. The van der Waals surface area contributed by atoms with Crippen molar-refractivity contribution in [1.82, 2.24) is 14.9 Å². The average Bonchev–Trinajstić information content (AvgIpc) is 3.22. The van der Waals surface area contributed by atoms with Gasteiger partial charge in [-0.05, 0) is 55.9 Å². The van der Waals surface area contributed by atoms with E-state index in [1.165, 1.54) is 49.6 Å². The van der Waals surface area contributed by atoms with Crippen molar-refractivity contribution in [1.29, 1.82) is 0 Å². The molecule has 0 radical (unpaired) electrons. The summed E-state index contributed by atoms with van der Waals surface area (Å²) < 4.78 is 0. The Morgan fingerprint density at radius 3 is 2.77 bits per heavy atom. The number of aromatic amines is 1. The highest BCUT2D eigenvalue weighted by Gasteiger charge is 2.22. The fraction of sp³-hybridized carbons (Fsp3) is 0.389. The fourth-order valence-corrected chi connectivity index (χ4v) is 4.02. The summed E-state index contributed by atoms with van der Waals surface area (Å²) >= 11 is 1.87. The van der Waals surface area contributed by atoms with Crippen LogP contribution in [0.1, 0.15) is 29.5 Å². The van der Waals surface area contributed by atoms with Crippen LogP contribution in [0.15, 0.2) is 41.8 Å². The second kappa shape index (κ2) is 6.23. The molecule has 1 aliphatic heterocycles. The summed E-state index contributed by atoms with van der Waals surface area (Å²) in [6.45, 7) is 3.56. The lowest BCUT2D eigenvalue weighted by Crippen LogP contribution is -2.34. The van der Waals surface area contributed by atoms with Crippen molar-refractivity contribution in [2.45, 2.75) is 25.2 Å². The average molecular weight is 311 g/mol. The first kappa shape index (κ1) is 14.0. The quantitative estimate of drug-likeness (QED) is 0.788. The molecule has 0 amide bonds. The largest absolute Gasteiger partial charge is 0.342 e. The summed E-state index contributed by atoms with van der Waals surface area (Å²) in [7, 11) is 0. The molecule has 3 aromatic rings. The van der Waals surface area contributed by atoms with Crippen LogP contribution in [0.4, 0.5) is 0 Å². The first-order chi connectivity index (χ1) is 10.9. The minimum absolute atomic E-state index is 0.588. The van der Waals surface area contributed by atoms with Gasteiger partial charge >= 0.3 is 0 Å². The highest BCUT2D eigenvalue weighted by atomic mass is 32.1. The van der Waals surface area contributed by atoms with Gasteiger partial charge in [0.1, 0.15) is 5.82 Å². The summed E-state index contributed by atoms with van der Waals surface area (Å²) in [5.41, 5.74) is 2.26. The molecule has 3 heterocycles. The van der Waals surface area contributed by atoms with Gasteiger partial charge in [0.15, 0.2) is 0 Å². The summed E-state index contributed by atoms with van der Waals surface area (Å²) in [4.78, 5) is 12.4. The van der Waals surface area contributed by atoms with Gasteiger partial charge in [-0.25, -0.2) is 4.98 Å². The van der Waals surface area contributed by atoms with E-state index in [2.05, 4.69) is 51.7 Å². The second-order valence-corrected chi connectivity index (χ2v) is 7.12. The lowest BCUT2D eigenvalue weighted by Gasteiger charge is -2.30. The molecule has 0 aliphatic carbocycles. The van der Waals surface area contributed by atoms with Crippen molar-refractivity contribution >= 4 is 22.4 Å². The number of aromatic nitrogens is 2. The highest BCUT2D eigenvalue weighted by Crippen LogP contribution is 2.27. The molecule has 0 spiro atoms. The van der Waals surface area contributed by atoms with E-state index < -0.39 is 0 Å². The molecular formula is C18H21N3S. The van der Waals surface area contributed by atoms with E-state index in [0.717, 1.165) is 11.0 Å². The number of rotatable bonds is 4. The third-order valence-corrected chi connectivity index (χ3v) is 5.57. The number of imidazole rings is 1. The standard InChI is InChI=1S/C18H21N3S/c1-2-6-17-16(5-1)19-18(20-17)14-7-10-21(11-8-14)12-9-15-4-3-13-22-15/h1-6,13-14H,7-12H2,(H,19,20). The van der Waals surface area contributed by atoms with Crippen molar-refractivity contribution in [3.63, 3.8) is 0 Å². The second-order valence-electron chi connectivity index (χ2n) is 6.08. The van der Waals surface area contributed by atoms with Gasteiger partial charge in [-0.2, -0.15) is 0 Å². The normalized spacial score (nSPS) is 17.3. The topological polar surface area (TPSA) is 31.9 Å². The third-order valence-electron chi connectivity index (χ3n) is 4.64.